The Bertz CT molecular complexity index is 534. The number of thiol groups is 1. The summed E-state index contributed by atoms with van der Waals surface area (Å²) < 4.78 is 0. The third kappa shape index (κ3) is 8.59. The molecule has 2 unspecified atom stereocenters. The van der Waals surface area contributed by atoms with E-state index in [2.05, 4.69) is 26.5 Å². The normalized spacial score (nSPS) is 21.5. The summed E-state index contributed by atoms with van der Waals surface area (Å²) in [6.45, 7) is 9.04. The number of imide groups is 2. The number of carbonyl (C=O) groups excluding carboxylic acids is 4. The summed E-state index contributed by atoms with van der Waals surface area (Å²) in [7, 11) is 3.06. The minimum absolute atomic E-state index is 0.0961. The molecule has 0 aliphatic carbocycles. The molecule has 0 bridgehead atoms. The summed E-state index contributed by atoms with van der Waals surface area (Å²) in [5.41, 5.74) is 0. The Labute approximate surface area is 186 Å². The first-order valence-electron chi connectivity index (χ1n) is 9.50. The Balaban J connectivity index is 0.00000133. The third-order valence-corrected chi connectivity index (χ3v) is 7.29. The summed E-state index contributed by atoms with van der Waals surface area (Å²) in [6.07, 6.45) is 3.55. The largest absolute Gasteiger partial charge is 0.281 e. The summed E-state index contributed by atoms with van der Waals surface area (Å²) in [5, 5.41) is -0.738. The molecule has 28 heavy (non-hydrogen) atoms. The van der Waals surface area contributed by atoms with Crippen LogP contribution in [0, 0.1) is 0 Å². The maximum Gasteiger partial charge on any atom is 0.242 e. The van der Waals surface area contributed by atoms with Gasteiger partial charge in [-0.05, 0) is 6.26 Å². The van der Waals surface area contributed by atoms with Gasteiger partial charge < -0.3 is 0 Å². The second kappa shape index (κ2) is 15.5. The zero-order chi connectivity index (χ0) is 21.7. The number of thioether (sulfide) groups is 1. The van der Waals surface area contributed by atoms with E-state index in [9.17, 15) is 19.2 Å². The molecule has 0 aromatic heterocycles. The standard InChI is InChI=1S/C13H18N2O4S4.C3H8.C2H6/c1-21-9-7-11(17)15(13(9)19)3-5-23-22-4-2-14-10(16)6-8(20)12(14)18;1-3-2;1-2/h8-9,20H,2-7H2,1H3;3H2,1-2H3;1-2H3. The van der Waals surface area contributed by atoms with Crippen LogP contribution in [0.3, 0.4) is 0 Å². The fourth-order valence-electron chi connectivity index (χ4n) is 2.35. The molecule has 0 aromatic rings. The van der Waals surface area contributed by atoms with Crippen molar-refractivity contribution < 1.29 is 19.2 Å². The van der Waals surface area contributed by atoms with Crippen LogP contribution in [-0.2, 0) is 19.2 Å². The number of carbonyl (C=O) groups is 4. The van der Waals surface area contributed by atoms with E-state index in [1.807, 2.05) is 20.1 Å². The van der Waals surface area contributed by atoms with Crippen LogP contribution < -0.4 is 0 Å². The van der Waals surface area contributed by atoms with E-state index in [4.69, 9.17) is 0 Å². The van der Waals surface area contributed by atoms with Gasteiger partial charge in [0.15, 0.2) is 0 Å². The van der Waals surface area contributed by atoms with E-state index in [-0.39, 0.29) is 35.3 Å². The van der Waals surface area contributed by atoms with E-state index < -0.39 is 5.25 Å². The van der Waals surface area contributed by atoms with Crippen LogP contribution in [0.25, 0.3) is 0 Å². The van der Waals surface area contributed by atoms with Crippen LogP contribution >= 0.6 is 46.0 Å². The van der Waals surface area contributed by atoms with E-state index in [0.717, 1.165) is 0 Å². The van der Waals surface area contributed by atoms with Crippen molar-refractivity contribution in [2.45, 2.75) is 57.5 Å². The Morgan fingerprint density at radius 1 is 0.893 bits per heavy atom. The van der Waals surface area contributed by atoms with Gasteiger partial charge in [0.25, 0.3) is 0 Å². The first-order valence-corrected chi connectivity index (χ1v) is 13.8. The average molecular weight is 469 g/mol. The molecular formula is C18H32N2O4S4. The molecule has 0 saturated carbocycles. The van der Waals surface area contributed by atoms with Crippen molar-refractivity contribution in [1.82, 2.24) is 9.80 Å². The van der Waals surface area contributed by atoms with Crippen molar-refractivity contribution in [1.29, 1.82) is 0 Å². The lowest BCUT2D eigenvalue weighted by Gasteiger charge is -2.15. The molecule has 2 atom stereocenters. The van der Waals surface area contributed by atoms with Crippen molar-refractivity contribution in [2.24, 2.45) is 0 Å². The second-order valence-corrected chi connectivity index (χ2v) is 10.1. The SMILES string of the molecule is CC.CCC.CSC1CC(=O)N(CCSSCCN2C(=O)CC(S)C2=O)C1=O. The van der Waals surface area contributed by atoms with Crippen LogP contribution in [0.15, 0.2) is 0 Å². The Morgan fingerprint density at radius 2 is 1.32 bits per heavy atom. The zero-order valence-corrected chi connectivity index (χ0v) is 20.6. The van der Waals surface area contributed by atoms with E-state index in [1.54, 1.807) is 0 Å². The van der Waals surface area contributed by atoms with Crippen molar-refractivity contribution in [3.63, 3.8) is 0 Å². The van der Waals surface area contributed by atoms with Gasteiger partial charge in [-0.25, -0.2) is 0 Å². The molecule has 0 radical (unpaired) electrons. The maximum absolute atomic E-state index is 11.9. The molecule has 2 aliphatic heterocycles. The molecule has 4 amide bonds. The smallest absolute Gasteiger partial charge is 0.242 e. The van der Waals surface area contributed by atoms with E-state index in [1.165, 1.54) is 49.6 Å². The van der Waals surface area contributed by atoms with Crippen LogP contribution in [0.4, 0.5) is 0 Å². The zero-order valence-electron chi connectivity index (χ0n) is 17.3. The minimum atomic E-state index is -0.503. The maximum atomic E-state index is 11.9. The average Bonchev–Trinajstić information content (AvgIpc) is 3.09. The highest BCUT2D eigenvalue weighted by Gasteiger charge is 2.37. The molecule has 2 saturated heterocycles. The molecule has 2 heterocycles. The predicted molar refractivity (Wildman–Crippen MR) is 125 cm³/mol. The fourth-order valence-corrected chi connectivity index (χ4v) is 5.19. The van der Waals surface area contributed by atoms with Crippen LogP contribution in [0.5, 0.6) is 0 Å². The second-order valence-electron chi connectivity index (χ2n) is 5.77. The number of rotatable bonds is 8. The molecule has 0 aromatic carbocycles. The predicted octanol–water partition coefficient (Wildman–Crippen LogP) is 3.36. The summed E-state index contributed by atoms with van der Waals surface area (Å²) in [6, 6.07) is 0. The number of hydrogen-bond donors (Lipinski definition) is 1. The van der Waals surface area contributed by atoms with E-state index in [0.29, 0.717) is 31.0 Å². The van der Waals surface area contributed by atoms with Gasteiger partial charge in [-0.3, -0.25) is 29.0 Å². The third-order valence-electron chi connectivity index (χ3n) is 3.59. The first-order chi connectivity index (χ1) is 13.4. The summed E-state index contributed by atoms with van der Waals surface area (Å²) >= 11 is 5.48. The summed E-state index contributed by atoms with van der Waals surface area (Å²) in [4.78, 5) is 49.5. The Hall–Kier alpha value is -0.320. The molecule has 2 fully saturated rings. The molecular weight excluding hydrogens is 436 g/mol. The summed E-state index contributed by atoms with van der Waals surface area (Å²) in [5.74, 6) is 0.671. The fraction of sp³-hybridized carbons (Fsp3) is 0.778. The van der Waals surface area contributed by atoms with Gasteiger partial charge in [0.1, 0.15) is 0 Å². The topological polar surface area (TPSA) is 74.8 Å². The molecule has 162 valence electrons. The van der Waals surface area contributed by atoms with Gasteiger partial charge >= 0.3 is 0 Å². The molecule has 2 aliphatic rings. The number of hydrogen-bond acceptors (Lipinski definition) is 8. The van der Waals surface area contributed by atoms with Gasteiger partial charge in [-0.2, -0.15) is 24.4 Å². The molecule has 10 heteroatoms. The van der Waals surface area contributed by atoms with Gasteiger partial charge in [0, 0.05) is 37.4 Å². The van der Waals surface area contributed by atoms with Gasteiger partial charge in [0.05, 0.1) is 10.5 Å². The van der Waals surface area contributed by atoms with Crippen molar-refractivity contribution in [2.75, 3.05) is 30.9 Å². The minimum Gasteiger partial charge on any atom is -0.281 e. The molecule has 0 spiro atoms. The van der Waals surface area contributed by atoms with Gasteiger partial charge in [-0.15, -0.1) is 0 Å². The lowest BCUT2D eigenvalue weighted by atomic mass is 10.4. The molecule has 0 N–H and O–H groups in total. The highest BCUT2D eigenvalue weighted by Crippen LogP contribution is 2.26. The van der Waals surface area contributed by atoms with Crippen molar-refractivity contribution in [3.8, 4) is 0 Å². The molecule has 2 rings (SSSR count). The van der Waals surface area contributed by atoms with Crippen LogP contribution in [0.1, 0.15) is 47.0 Å². The van der Waals surface area contributed by atoms with Crippen molar-refractivity contribution >= 4 is 69.6 Å². The lowest BCUT2D eigenvalue weighted by Crippen LogP contribution is -2.33. The first kappa shape index (κ1) is 27.7. The van der Waals surface area contributed by atoms with Crippen LogP contribution in [0.2, 0.25) is 0 Å². The van der Waals surface area contributed by atoms with Crippen LogP contribution in [-0.4, -0.2) is 74.8 Å². The Kier molecular flexibility index (Phi) is 15.3. The van der Waals surface area contributed by atoms with Gasteiger partial charge in [0.2, 0.25) is 23.6 Å². The highest BCUT2D eigenvalue weighted by atomic mass is 33.1. The van der Waals surface area contributed by atoms with Crippen molar-refractivity contribution in [3.05, 3.63) is 0 Å². The quantitative estimate of drug-likeness (QED) is 0.253. The highest BCUT2D eigenvalue weighted by molar-refractivity contribution is 8.76. The number of nitrogens with zero attached hydrogens (tertiary/aromatic N) is 2. The number of amides is 4. The Morgan fingerprint density at radius 3 is 1.68 bits per heavy atom. The number of likely N-dealkylation sites (tertiary alicyclic amines) is 2. The molecule has 6 nitrogen and oxygen atoms in total. The monoisotopic (exact) mass is 468 g/mol. The van der Waals surface area contributed by atoms with E-state index >= 15 is 0 Å². The lowest BCUT2D eigenvalue weighted by molar-refractivity contribution is -0.139. The van der Waals surface area contributed by atoms with Gasteiger partial charge in [-0.1, -0.05) is 55.7 Å².